The lowest BCUT2D eigenvalue weighted by Gasteiger charge is -2.23. The van der Waals surface area contributed by atoms with Crippen LogP contribution in [0.15, 0.2) is 40.9 Å². The summed E-state index contributed by atoms with van der Waals surface area (Å²) in [6.07, 6.45) is 0. The van der Waals surface area contributed by atoms with Gasteiger partial charge in [-0.15, -0.1) is 0 Å². The van der Waals surface area contributed by atoms with E-state index in [0.717, 1.165) is 5.56 Å². The Hall–Kier alpha value is -2.10. The van der Waals surface area contributed by atoms with Gasteiger partial charge >= 0.3 is 0 Å². The molecule has 0 bridgehead atoms. The molecule has 0 aliphatic rings. The second-order valence-electron chi connectivity index (χ2n) is 4.77. The van der Waals surface area contributed by atoms with Crippen LogP contribution in [0.25, 0.3) is 0 Å². The molecule has 2 rings (SSSR count). The highest BCUT2D eigenvalue weighted by molar-refractivity contribution is 5.97. The van der Waals surface area contributed by atoms with E-state index < -0.39 is 5.41 Å². The van der Waals surface area contributed by atoms with Crippen molar-refractivity contribution < 1.29 is 9.32 Å². The zero-order valence-corrected chi connectivity index (χ0v) is 10.7. The fraction of sp³-hybridized carbons (Fsp3) is 0.286. The Kier molecular flexibility index (Phi) is 3.19. The van der Waals surface area contributed by atoms with Gasteiger partial charge in [-0.25, -0.2) is 0 Å². The molecule has 4 nitrogen and oxygen atoms in total. The molecule has 0 radical (unpaired) electrons. The first kappa shape index (κ1) is 12.4. The number of aryl methyl sites for hydroxylation is 1. The van der Waals surface area contributed by atoms with Crippen LogP contribution in [0.2, 0.25) is 0 Å². The van der Waals surface area contributed by atoms with E-state index in [9.17, 15) is 4.79 Å². The molecular formula is C14H16N2O2. The Bertz CT molecular complexity index is 544. The molecule has 18 heavy (non-hydrogen) atoms. The molecule has 0 aliphatic carbocycles. The highest BCUT2D eigenvalue weighted by Gasteiger charge is 2.30. The van der Waals surface area contributed by atoms with E-state index in [0.29, 0.717) is 11.6 Å². The number of benzene rings is 1. The number of carbonyl (C=O) groups is 1. The van der Waals surface area contributed by atoms with Crippen molar-refractivity contribution >= 4 is 11.7 Å². The second-order valence-corrected chi connectivity index (χ2v) is 4.77. The van der Waals surface area contributed by atoms with Crippen LogP contribution in [0.4, 0.5) is 5.82 Å². The lowest BCUT2D eigenvalue weighted by molar-refractivity contribution is -0.120. The average Bonchev–Trinajstić information content (AvgIpc) is 2.76. The number of rotatable bonds is 3. The Balaban J connectivity index is 2.18. The number of hydrogen-bond acceptors (Lipinski definition) is 3. The van der Waals surface area contributed by atoms with Gasteiger partial charge in [0.05, 0.1) is 5.41 Å². The molecule has 1 heterocycles. The lowest BCUT2D eigenvalue weighted by Crippen LogP contribution is -2.34. The summed E-state index contributed by atoms with van der Waals surface area (Å²) in [4.78, 5) is 12.3. The van der Waals surface area contributed by atoms with Crippen LogP contribution in [0.5, 0.6) is 0 Å². The van der Waals surface area contributed by atoms with Crippen molar-refractivity contribution in [3.63, 3.8) is 0 Å². The van der Waals surface area contributed by atoms with E-state index >= 15 is 0 Å². The highest BCUT2D eigenvalue weighted by atomic mass is 16.5. The third kappa shape index (κ3) is 2.42. The topological polar surface area (TPSA) is 55.1 Å². The van der Waals surface area contributed by atoms with Gasteiger partial charge in [-0.3, -0.25) is 4.79 Å². The van der Waals surface area contributed by atoms with Gasteiger partial charge in [0.15, 0.2) is 5.82 Å². The van der Waals surface area contributed by atoms with Gasteiger partial charge < -0.3 is 9.84 Å². The molecule has 1 amide bonds. The molecule has 94 valence electrons. The predicted molar refractivity (Wildman–Crippen MR) is 69.3 cm³/mol. The molecule has 0 saturated carbocycles. The lowest BCUT2D eigenvalue weighted by atomic mass is 9.84. The van der Waals surface area contributed by atoms with E-state index in [4.69, 9.17) is 4.52 Å². The number of aromatic nitrogens is 1. The van der Waals surface area contributed by atoms with Gasteiger partial charge in [-0.1, -0.05) is 35.5 Å². The summed E-state index contributed by atoms with van der Waals surface area (Å²) >= 11 is 0. The first-order chi connectivity index (χ1) is 8.50. The molecule has 0 atom stereocenters. The van der Waals surface area contributed by atoms with Crippen molar-refractivity contribution in [3.8, 4) is 0 Å². The summed E-state index contributed by atoms with van der Waals surface area (Å²) in [6.45, 7) is 5.54. The van der Waals surface area contributed by atoms with Gasteiger partial charge in [0, 0.05) is 6.07 Å². The molecular weight excluding hydrogens is 228 g/mol. The Labute approximate surface area is 106 Å². The van der Waals surface area contributed by atoms with Crippen molar-refractivity contribution in [2.75, 3.05) is 5.32 Å². The summed E-state index contributed by atoms with van der Waals surface area (Å²) in [6, 6.07) is 11.3. The number of carbonyl (C=O) groups excluding carboxylic acids is 1. The van der Waals surface area contributed by atoms with Crippen molar-refractivity contribution in [2.45, 2.75) is 26.2 Å². The highest BCUT2D eigenvalue weighted by Crippen LogP contribution is 2.24. The smallest absolute Gasteiger partial charge is 0.235 e. The number of amides is 1. The zero-order valence-electron chi connectivity index (χ0n) is 10.7. The molecule has 0 unspecified atom stereocenters. The van der Waals surface area contributed by atoms with Gasteiger partial charge in [-0.05, 0) is 26.3 Å². The van der Waals surface area contributed by atoms with Crippen LogP contribution in [0, 0.1) is 6.92 Å². The number of hydrogen-bond donors (Lipinski definition) is 1. The molecule has 2 aromatic rings. The van der Waals surface area contributed by atoms with Crippen molar-refractivity contribution in [1.29, 1.82) is 0 Å². The number of nitrogens with one attached hydrogen (secondary N) is 1. The molecule has 0 fully saturated rings. The summed E-state index contributed by atoms with van der Waals surface area (Å²) < 4.78 is 4.92. The Morgan fingerprint density at radius 2 is 1.94 bits per heavy atom. The minimum atomic E-state index is -0.617. The number of anilines is 1. The summed E-state index contributed by atoms with van der Waals surface area (Å²) in [5, 5.41) is 6.51. The molecule has 0 saturated heterocycles. The third-order valence-electron chi connectivity index (χ3n) is 2.93. The first-order valence-electron chi connectivity index (χ1n) is 5.80. The average molecular weight is 244 g/mol. The van der Waals surface area contributed by atoms with E-state index in [1.54, 1.807) is 13.0 Å². The maximum atomic E-state index is 12.3. The summed E-state index contributed by atoms with van der Waals surface area (Å²) in [5.74, 6) is 1.01. The SMILES string of the molecule is Cc1cc(NC(=O)C(C)(C)c2ccccc2)no1. The fourth-order valence-electron chi connectivity index (χ4n) is 1.68. The van der Waals surface area contributed by atoms with Crippen molar-refractivity contribution in [1.82, 2.24) is 5.16 Å². The van der Waals surface area contributed by atoms with Gasteiger partial charge in [0.2, 0.25) is 5.91 Å². The van der Waals surface area contributed by atoms with Crippen LogP contribution in [-0.4, -0.2) is 11.1 Å². The predicted octanol–water partition coefficient (Wildman–Crippen LogP) is 2.90. The van der Waals surface area contributed by atoms with Crippen LogP contribution in [0.1, 0.15) is 25.2 Å². The van der Waals surface area contributed by atoms with E-state index in [2.05, 4.69) is 10.5 Å². The molecule has 1 N–H and O–H groups in total. The molecule has 1 aromatic carbocycles. The van der Waals surface area contributed by atoms with Crippen LogP contribution in [-0.2, 0) is 10.2 Å². The van der Waals surface area contributed by atoms with Crippen LogP contribution in [0.3, 0.4) is 0 Å². The largest absolute Gasteiger partial charge is 0.360 e. The quantitative estimate of drug-likeness (QED) is 0.903. The minimum Gasteiger partial charge on any atom is -0.360 e. The van der Waals surface area contributed by atoms with E-state index in [1.165, 1.54) is 0 Å². The monoisotopic (exact) mass is 244 g/mol. The van der Waals surface area contributed by atoms with Gasteiger partial charge in [-0.2, -0.15) is 0 Å². The van der Waals surface area contributed by atoms with Gasteiger partial charge in [0.1, 0.15) is 5.76 Å². The number of nitrogens with zero attached hydrogens (tertiary/aromatic N) is 1. The van der Waals surface area contributed by atoms with Crippen LogP contribution >= 0.6 is 0 Å². The van der Waals surface area contributed by atoms with E-state index in [1.807, 2.05) is 44.2 Å². The third-order valence-corrected chi connectivity index (χ3v) is 2.93. The molecule has 1 aromatic heterocycles. The normalized spacial score (nSPS) is 11.3. The Morgan fingerprint density at radius 1 is 1.28 bits per heavy atom. The fourth-order valence-corrected chi connectivity index (χ4v) is 1.68. The molecule has 0 aliphatic heterocycles. The van der Waals surface area contributed by atoms with Gasteiger partial charge in [0.25, 0.3) is 0 Å². The summed E-state index contributed by atoms with van der Waals surface area (Å²) in [7, 11) is 0. The molecule has 4 heteroatoms. The van der Waals surface area contributed by atoms with Crippen molar-refractivity contribution in [3.05, 3.63) is 47.7 Å². The maximum Gasteiger partial charge on any atom is 0.235 e. The molecule has 0 spiro atoms. The second kappa shape index (κ2) is 4.64. The standard InChI is InChI=1S/C14H16N2O2/c1-10-9-12(16-18-10)15-13(17)14(2,3)11-7-5-4-6-8-11/h4-9H,1-3H3,(H,15,16,17). The van der Waals surface area contributed by atoms with Crippen molar-refractivity contribution in [2.24, 2.45) is 0 Å². The van der Waals surface area contributed by atoms with E-state index in [-0.39, 0.29) is 5.91 Å². The zero-order chi connectivity index (χ0) is 13.2. The first-order valence-corrected chi connectivity index (χ1v) is 5.80. The maximum absolute atomic E-state index is 12.3. The summed E-state index contributed by atoms with van der Waals surface area (Å²) in [5.41, 5.74) is 0.344. The van der Waals surface area contributed by atoms with Crippen LogP contribution < -0.4 is 5.32 Å². The minimum absolute atomic E-state index is 0.109. The Morgan fingerprint density at radius 3 is 2.50 bits per heavy atom.